The topological polar surface area (TPSA) is 18.5 Å². The molecule has 0 fully saturated rings. The minimum atomic E-state index is -0.375. The van der Waals surface area contributed by atoms with Crippen LogP contribution in [-0.2, 0) is 6.42 Å². The Morgan fingerprint density at radius 1 is 1.20 bits per heavy atom. The Balaban J connectivity index is 1.62. The summed E-state index contributed by atoms with van der Waals surface area (Å²) in [5.74, 6) is 0.475. The van der Waals surface area contributed by atoms with Crippen molar-refractivity contribution in [2.24, 2.45) is 0 Å². The van der Waals surface area contributed by atoms with Crippen LogP contribution in [0.1, 0.15) is 5.56 Å². The van der Waals surface area contributed by atoms with E-state index < -0.39 is 0 Å². The van der Waals surface area contributed by atoms with Crippen LogP contribution < -0.4 is 9.47 Å². The van der Waals surface area contributed by atoms with Crippen molar-refractivity contribution in [1.82, 2.24) is 0 Å². The molecule has 2 aromatic carbocycles. The third kappa shape index (κ3) is 2.77. The van der Waals surface area contributed by atoms with Crippen molar-refractivity contribution >= 4 is 15.9 Å². The first kappa shape index (κ1) is 13.4. The van der Waals surface area contributed by atoms with Gasteiger partial charge in [-0.15, -0.1) is 0 Å². The zero-order valence-corrected chi connectivity index (χ0v) is 12.0. The van der Waals surface area contributed by atoms with E-state index in [4.69, 9.17) is 9.47 Å². The van der Waals surface area contributed by atoms with E-state index in [1.807, 2.05) is 0 Å². The predicted molar refractivity (Wildman–Crippen MR) is 74.1 cm³/mol. The molecule has 3 rings (SSSR count). The Labute approximate surface area is 123 Å². The van der Waals surface area contributed by atoms with Gasteiger partial charge in [0.2, 0.25) is 0 Å². The zero-order chi connectivity index (χ0) is 14.1. The predicted octanol–water partition coefficient (Wildman–Crippen LogP) is 4.11. The Hall–Kier alpha value is -1.62. The molecule has 0 saturated carbocycles. The molecule has 1 heterocycles. The normalized spacial score (nSPS) is 16.6. The number of rotatable bonds is 3. The fourth-order valence-corrected chi connectivity index (χ4v) is 2.38. The number of ether oxygens (including phenoxy) is 2. The summed E-state index contributed by atoms with van der Waals surface area (Å²) in [6, 6.07) is 9.02. The van der Waals surface area contributed by atoms with Crippen LogP contribution in [0.5, 0.6) is 11.5 Å². The molecule has 104 valence electrons. The summed E-state index contributed by atoms with van der Waals surface area (Å²) in [5, 5.41) is 0. The van der Waals surface area contributed by atoms with Crippen LogP contribution in [0, 0.1) is 11.6 Å². The number of hydrogen-bond acceptors (Lipinski definition) is 2. The highest BCUT2D eigenvalue weighted by Gasteiger charge is 2.23. The molecule has 5 heteroatoms. The first-order valence-corrected chi connectivity index (χ1v) is 6.94. The fraction of sp³-hybridized carbons (Fsp3) is 0.200. The fourth-order valence-electron chi connectivity index (χ4n) is 2.14. The van der Waals surface area contributed by atoms with Gasteiger partial charge in [-0.05, 0) is 46.3 Å². The molecule has 2 aromatic rings. The second-order valence-corrected chi connectivity index (χ2v) is 5.44. The van der Waals surface area contributed by atoms with Gasteiger partial charge in [0.15, 0.2) is 0 Å². The maximum Gasteiger partial charge on any atom is 0.141 e. The van der Waals surface area contributed by atoms with Crippen molar-refractivity contribution in [3.05, 3.63) is 58.1 Å². The largest absolute Gasteiger partial charge is 0.490 e. The van der Waals surface area contributed by atoms with Gasteiger partial charge in [-0.3, -0.25) is 0 Å². The van der Waals surface area contributed by atoms with Crippen molar-refractivity contribution in [2.45, 2.75) is 12.5 Å². The standard InChI is InChI=1S/C15H11BrF2O2/c16-13-3-2-11(7-14(13)18)19-8-12-6-9-5-10(17)1-4-15(9)20-12/h1-5,7,12H,6,8H2. The average Bonchev–Trinajstić information content (AvgIpc) is 2.82. The number of halogens is 3. The SMILES string of the molecule is Fc1ccc2c(c1)CC(COc1ccc(Br)c(F)c1)O2. The van der Waals surface area contributed by atoms with E-state index in [1.54, 1.807) is 18.2 Å². The summed E-state index contributed by atoms with van der Waals surface area (Å²) in [6.07, 6.45) is 0.407. The molecule has 1 aliphatic rings. The van der Waals surface area contributed by atoms with Gasteiger partial charge in [0.05, 0.1) is 4.47 Å². The van der Waals surface area contributed by atoms with Gasteiger partial charge < -0.3 is 9.47 Å². The highest BCUT2D eigenvalue weighted by molar-refractivity contribution is 9.10. The Bertz CT molecular complexity index is 646. The zero-order valence-electron chi connectivity index (χ0n) is 10.4. The molecule has 0 saturated heterocycles. The summed E-state index contributed by atoms with van der Waals surface area (Å²) >= 11 is 3.08. The Kier molecular flexibility index (Phi) is 3.61. The summed E-state index contributed by atoms with van der Waals surface area (Å²) < 4.78 is 38.0. The second kappa shape index (κ2) is 5.40. The van der Waals surface area contributed by atoms with E-state index in [1.165, 1.54) is 18.2 Å². The molecule has 0 radical (unpaired) electrons. The van der Waals surface area contributed by atoms with E-state index in [9.17, 15) is 8.78 Å². The maximum atomic E-state index is 13.3. The van der Waals surface area contributed by atoms with Gasteiger partial charge in [0.25, 0.3) is 0 Å². The van der Waals surface area contributed by atoms with E-state index in [2.05, 4.69) is 15.9 Å². The highest BCUT2D eigenvalue weighted by Crippen LogP contribution is 2.29. The van der Waals surface area contributed by atoms with Gasteiger partial charge in [0, 0.05) is 18.1 Å². The minimum absolute atomic E-state index is 0.182. The summed E-state index contributed by atoms with van der Waals surface area (Å²) in [5.41, 5.74) is 0.834. The van der Waals surface area contributed by atoms with Crippen LogP contribution in [0.2, 0.25) is 0 Å². The van der Waals surface area contributed by atoms with E-state index in [0.29, 0.717) is 22.4 Å². The van der Waals surface area contributed by atoms with Crippen LogP contribution in [0.15, 0.2) is 40.9 Å². The van der Waals surface area contributed by atoms with Crippen molar-refractivity contribution in [3.8, 4) is 11.5 Å². The van der Waals surface area contributed by atoms with Crippen LogP contribution in [0.4, 0.5) is 8.78 Å². The third-order valence-electron chi connectivity index (χ3n) is 3.09. The van der Waals surface area contributed by atoms with Crippen molar-refractivity contribution in [3.63, 3.8) is 0 Å². The molecular formula is C15H11BrF2O2. The first-order valence-electron chi connectivity index (χ1n) is 6.15. The van der Waals surface area contributed by atoms with E-state index >= 15 is 0 Å². The summed E-state index contributed by atoms with van der Waals surface area (Å²) in [7, 11) is 0. The van der Waals surface area contributed by atoms with E-state index in [0.717, 1.165) is 5.56 Å². The first-order chi connectivity index (χ1) is 9.61. The van der Waals surface area contributed by atoms with Crippen molar-refractivity contribution < 1.29 is 18.3 Å². The van der Waals surface area contributed by atoms with Gasteiger partial charge >= 0.3 is 0 Å². The van der Waals surface area contributed by atoms with Crippen LogP contribution >= 0.6 is 15.9 Å². The number of fused-ring (bicyclic) bond motifs is 1. The summed E-state index contributed by atoms with van der Waals surface area (Å²) in [6.45, 7) is 0.289. The molecule has 0 spiro atoms. The lowest BCUT2D eigenvalue weighted by atomic mass is 10.1. The lowest BCUT2D eigenvalue weighted by molar-refractivity contribution is 0.148. The molecule has 1 atom stereocenters. The molecule has 2 nitrogen and oxygen atoms in total. The van der Waals surface area contributed by atoms with Crippen molar-refractivity contribution in [1.29, 1.82) is 0 Å². The molecule has 1 unspecified atom stereocenters. The lowest BCUT2D eigenvalue weighted by Gasteiger charge is -2.12. The monoisotopic (exact) mass is 340 g/mol. The van der Waals surface area contributed by atoms with Crippen LogP contribution in [0.25, 0.3) is 0 Å². The second-order valence-electron chi connectivity index (χ2n) is 4.58. The molecule has 0 bridgehead atoms. The molecule has 0 amide bonds. The van der Waals surface area contributed by atoms with Crippen LogP contribution in [0.3, 0.4) is 0 Å². The smallest absolute Gasteiger partial charge is 0.141 e. The average molecular weight is 341 g/mol. The molecule has 0 aliphatic carbocycles. The molecule has 20 heavy (non-hydrogen) atoms. The molecular weight excluding hydrogens is 330 g/mol. The highest BCUT2D eigenvalue weighted by atomic mass is 79.9. The van der Waals surface area contributed by atoms with Gasteiger partial charge in [-0.2, -0.15) is 0 Å². The van der Waals surface area contributed by atoms with Crippen LogP contribution in [-0.4, -0.2) is 12.7 Å². The minimum Gasteiger partial charge on any atom is -0.490 e. The van der Waals surface area contributed by atoms with Crippen molar-refractivity contribution in [2.75, 3.05) is 6.61 Å². The molecule has 0 aromatic heterocycles. The Morgan fingerprint density at radius 2 is 2.05 bits per heavy atom. The Morgan fingerprint density at radius 3 is 2.85 bits per heavy atom. The molecule has 0 N–H and O–H groups in total. The van der Waals surface area contributed by atoms with E-state index in [-0.39, 0.29) is 24.3 Å². The third-order valence-corrected chi connectivity index (χ3v) is 3.73. The number of benzene rings is 2. The van der Waals surface area contributed by atoms with Gasteiger partial charge in [-0.1, -0.05) is 0 Å². The lowest BCUT2D eigenvalue weighted by Crippen LogP contribution is -2.22. The summed E-state index contributed by atoms with van der Waals surface area (Å²) in [4.78, 5) is 0. The maximum absolute atomic E-state index is 13.3. The van der Waals surface area contributed by atoms with Gasteiger partial charge in [-0.25, -0.2) is 8.78 Å². The van der Waals surface area contributed by atoms with Gasteiger partial charge in [0.1, 0.15) is 35.8 Å². The molecule has 1 aliphatic heterocycles. The quantitative estimate of drug-likeness (QED) is 0.837. The number of hydrogen-bond donors (Lipinski definition) is 0.